The van der Waals surface area contributed by atoms with Gasteiger partial charge in [0.2, 0.25) is 0 Å². The molecule has 0 bridgehead atoms. The number of pyridine rings is 1. The fraction of sp³-hybridized carbons (Fsp3) is 0.0714. The normalized spacial score (nSPS) is 9.76. The quantitative estimate of drug-likeness (QED) is 0.586. The van der Waals surface area contributed by atoms with Crippen LogP contribution >= 0.6 is 0 Å². The predicted octanol–water partition coefficient (Wildman–Crippen LogP) is 1.32. The summed E-state index contributed by atoms with van der Waals surface area (Å²) in [6, 6.07) is 9.24. The van der Waals surface area contributed by atoms with Gasteiger partial charge < -0.3 is 21.2 Å². The number of urea groups is 1. The number of rotatable bonds is 3. The molecule has 0 atom stereocenters. The summed E-state index contributed by atoms with van der Waals surface area (Å²) in [5.74, 6) is -0.340. The van der Waals surface area contributed by atoms with Crippen LogP contribution in [0.1, 0.15) is 10.4 Å². The number of hydrogen-bond acceptors (Lipinski definition) is 3. The number of aromatic nitrogens is 1. The first-order valence-electron chi connectivity index (χ1n) is 6.17. The lowest BCUT2D eigenvalue weighted by atomic mass is 10.2. The van der Waals surface area contributed by atoms with Crippen LogP contribution in [0.2, 0.25) is 0 Å². The highest BCUT2D eigenvalue weighted by molar-refractivity contribution is 6.04. The number of benzene rings is 1. The van der Waals surface area contributed by atoms with E-state index in [0.717, 1.165) is 0 Å². The van der Waals surface area contributed by atoms with Gasteiger partial charge in [-0.2, -0.15) is 4.73 Å². The number of carbonyl (C=O) groups excluding carboxylic acids is 2. The minimum Gasteiger partial charge on any atom is -0.619 e. The number of nitrogens with zero attached hydrogens (tertiary/aromatic N) is 1. The van der Waals surface area contributed by atoms with Gasteiger partial charge in [0.25, 0.3) is 5.91 Å². The largest absolute Gasteiger partial charge is 0.619 e. The van der Waals surface area contributed by atoms with Gasteiger partial charge >= 0.3 is 6.03 Å². The monoisotopic (exact) mass is 286 g/mol. The molecule has 7 heteroatoms. The van der Waals surface area contributed by atoms with Crippen molar-refractivity contribution >= 4 is 23.3 Å². The molecule has 1 heterocycles. The zero-order valence-electron chi connectivity index (χ0n) is 11.3. The molecule has 0 unspecified atom stereocenters. The molecule has 2 aromatic rings. The van der Waals surface area contributed by atoms with Crippen LogP contribution in [0.5, 0.6) is 0 Å². The van der Waals surface area contributed by atoms with Crippen molar-refractivity contribution < 1.29 is 14.3 Å². The molecule has 3 N–H and O–H groups in total. The minimum atomic E-state index is -0.346. The smallest absolute Gasteiger partial charge is 0.318 e. The van der Waals surface area contributed by atoms with E-state index in [0.29, 0.717) is 21.7 Å². The van der Waals surface area contributed by atoms with Gasteiger partial charge in [-0.05, 0) is 18.2 Å². The predicted molar refractivity (Wildman–Crippen MR) is 77.9 cm³/mol. The molecule has 21 heavy (non-hydrogen) atoms. The van der Waals surface area contributed by atoms with Gasteiger partial charge in [0.15, 0.2) is 12.4 Å². The minimum absolute atomic E-state index is 0.340. The van der Waals surface area contributed by atoms with Gasteiger partial charge in [0, 0.05) is 30.6 Å². The van der Waals surface area contributed by atoms with Crippen molar-refractivity contribution in [1.29, 1.82) is 0 Å². The number of anilines is 2. The number of amides is 3. The molecule has 0 saturated heterocycles. The molecular formula is C14H14N4O3. The second kappa shape index (κ2) is 6.38. The average molecular weight is 286 g/mol. The Morgan fingerprint density at radius 3 is 2.29 bits per heavy atom. The first-order valence-corrected chi connectivity index (χ1v) is 6.17. The van der Waals surface area contributed by atoms with Crippen molar-refractivity contribution in [1.82, 2.24) is 5.32 Å². The Hall–Kier alpha value is -3.09. The van der Waals surface area contributed by atoms with Gasteiger partial charge in [0.05, 0.1) is 5.56 Å². The Bertz CT molecular complexity index is 656. The summed E-state index contributed by atoms with van der Waals surface area (Å²) < 4.78 is 0.602. The van der Waals surface area contributed by atoms with E-state index in [4.69, 9.17) is 0 Å². The van der Waals surface area contributed by atoms with Crippen LogP contribution < -0.4 is 20.7 Å². The Kier molecular flexibility index (Phi) is 4.35. The molecule has 1 aromatic heterocycles. The fourth-order valence-electron chi connectivity index (χ4n) is 1.64. The van der Waals surface area contributed by atoms with Crippen LogP contribution in [-0.2, 0) is 0 Å². The van der Waals surface area contributed by atoms with Crippen LogP contribution in [0.25, 0.3) is 0 Å². The first-order chi connectivity index (χ1) is 10.1. The van der Waals surface area contributed by atoms with Gasteiger partial charge in [-0.1, -0.05) is 6.07 Å². The zero-order valence-corrected chi connectivity index (χ0v) is 11.3. The second-order valence-corrected chi connectivity index (χ2v) is 4.19. The number of hydrogen-bond donors (Lipinski definition) is 3. The molecule has 0 fully saturated rings. The van der Waals surface area contributed by atoms with Crippen LogP contribution in [0, 0.1) is 5.21 Å². The van der Waals surface area contributed by atoms with Crippen molar-refractivity contribution in [2.45, 2.75) is 0 Å². The van der Waals surface area contributed by atoms with Crippen molar-refractivity contribution in [3.63, 3.8) is 0 Å². The van der Waals surface area contributed by atoms with Gasteiger partial charge in [0.1, 0.15) is 0 Å². The van der Waals surface area contributed by atoms with E-state index in [1.807, 2.05) is 0 Å². The third-order valence-electron chi connectivity index (χ3n) is 2.67. The summed E-state index contributed by atoms with van der Waals surface area (Å²) in [5, 5.41) is 18.6. The van der Waals surface area contributed by atoms with Gasteiger partial charge in [-0.3, -0.25) is 4.79 Å². The van der Waals surface area contributed by atoms with Crippen LogP contribution in [-0.4, -0.2) is 19.0 Å². The van der Waals surface area contributed by atoms with Crippen LogP contribution in [0.3, 0.4) is 0 Å². The summed E-state index contributed by atoms with van der Waals surface area (Å²) >= 11 is 0. The second-order valence-electron chi connectivity index (χ2n) is 4.19. The lowest BCUT2D eigenvalue weighted by Crippen LogP contribution is -2.25. The van der Waals surface area contributed by atoms with E-state index >= 15 is 0 Å². The third-order valence-corrected chi connectivity index (χ3v) is 2.67. The lowest BCUT2D eigenvalue weighted by Gasteiger charge is -2.08. The Morgan fingerprint density at radius 1 is 1.05 bits per heavy atom. The molecule has 0 aliphatic rings. The Balaban J connectivity index is 2.08. The van der Waals surface area contributed by atoms with Crippen molar-refractivity contribution in [3.8, 4) is 0 Å². The highest BCUT2D eigenvalue weighted by atomic mass is 16.5. The maximum absolute atomic E-state index is 12.0. The summed E-state index contributed by atoms with van der Waals surface area (Å²) in [7, 11) is 1.51. The molecule has 0 aliphatic heterocycles. The van der Waals surface area contributed by atoms with Gasteiger partial charge in [-0.25, -0.2) is 4.79 Å². The third kappa shape index (κ3) is 3.93. The molecule has 0 saturated carbocycles. The maximum atomic E-state index is 12.0. The fourth-order valence-corrected chi connectivity index (χ4v) is 1.64. The van der Waals surface area contributed by atoms with Crippen LogP contribution in [0.15, 0.2) is 48.8 Å². The molecule has 3 amide bonds. The molecule has 108 valence electrons. The topological polar surface area (TPSA) is 97.2 Å². The lowest BCUT2D eigenvalue weighted by molar-refractivity contribution is -0.605. The maximum Gasteiger partial charge on any atom is 0.318 e. The molecule has 7 nitrogen and oxygen atoms in total. The van der Waals surface area contributed by atoms with E-state index in [2.05, 4.69) is 16.0 Å². The van der Waals surface area contributed by atoms with Crippen molar-refractivity contribution in [2.24, 2.45) is 0 Å². The standard InChI is InChI=1S/C14H14N4O3/c1-15-14(20)17-12-4-2-3-11(9-12)16-13(19)10-5-7-18(21)8-6-10/h2-9H,1H3,(H,16,19)(H2,15,17,20). The average Bonchev–Trinajstić information content (AvgIpc) is 2.48. The van der Waals surface area contributed by atoms with Gasteiger partial charge in [-0.15, -0.1) is 0 Å². The number of carbonyl (C=O) groups is 2. The van der Waals surface area contributed by atoms with E-state index in [1.54, 1.807) is 24.3 Å². The molecule has 0 spiro atoms. The SMILES string of the molecule is CNC(=O)Nc1cccc(NC(=O)c2cc[n+]([O-])cc2)c1. The first kappa shape index (κ1) is 14.3. The summed E-state index contributed by atoms with van der Waals surface area (Å²) in [6.45, 7) is 0. The Labute approximate surface area is 121 Å². The molecular weight excluding hydrogens is 272 g/mol. The van der Waals surface area contributed by atoms with E-state index < -0.39 is 0 Å². The van der Waals surface area contributed by atoms with Crippen molar-refractivity contribution in [3.05, 3.63) is 59.6 Å². The van der Waals surface area contributed by atoms with E-state index in [-0.39, 0.29) is 11.9 Å². The molecule has 0 radical (unpaired) electrons. The molecule has 0 aliphatic carbocycles. The molecule has 2 rings (SSSR count). The Morgan fingerprint density at radius 2 is 1.67 bits per heavy atom. The van der Waals surface area contributed by atoms with Crippen LogP contribution in [0.4, 0.5) is 16.2 Å². The zero-order chi connectivity index (χ0) is 15.2. The highest BCUT2D eigenvalue weighted by Crippen LogP contribution is 2.15. The summed E-state index contributed by atoms with van der Waals surface area (Å²) in [5.41, 5.74) is 1.46. The summed E-state index contributed by atoms with van der Waals surface area (Å²) in [6.07, 6.45) is 2.50. The van der Waals surface area contributed by atoms with E-state index in [9.17, 15) is 14.8 Å². The summed E-state index contributed by atoms with van der Waals surface area (Å²) in [4.78, 5) is 23.2. The molecule has 1 aromatic carbocycles. The van der Waals surface area contributed by atoms with E-state index in [1.165, 1.54) is 31.6 Å². The number of nitrogens with one attached hydrogen (secondary N) is 3. The highest BCUT2D eigenvalue weighted by Gasteiger charge is 2.08. The van der Waals surface area contributed by atoms with Crippen molar-refractivity contribution in [2.75, 3.05) is 17.7 Å².